The fraction of sp³-hybridized carbons (Fsp3) is 0.227. The standard InChI is InChI=1S/C22H21N5O3/c1-15-23-22(26-30-15)17-9-5-6-10-19(17)24-20(28)11-12-21(29)27-14-13-18(25-27)16-7-3-2-4-8-16/h2-10H,11-14H2,1H3,(H,24,28). The van der Waals surface area contributed by atoms with Crippen molar-refractivity contribution in [2.75, 3.05) is 11.9 Å². The average molecular weight is 403 g/mol. The molecule has 1 aliphatic rings. The molecule has 30 heavy (non-hydrogen) atoms. The number of nitrogens with zero attached hydrogens (tertiary/aromatic N) is 4. The molecule has 3 aromatic rings. The molecule has 1 N–H and O–H groups in total. The van der Waals surface area contributed by atoms with Crippen molar-refractivity contribution in [1.82, 2.24) is 15.1 Å². The molecule has 2 aromatic carbocycles. The zero-order valence-electron chi connectivity index (χ0n) is 16.5. The zero-order valence-corrected chi connectivity index (χ0v) is 16.5. The van der Waals surface area contributed by atoms with Gasteiger partial charge in [0.15, 0.2) is 0 Å². The van der Waals surface area contributed by atoms with E-state index in [1.54, 1.807) is 25.1 Å². The Morgan fingerprint density at radius 3 is 2.60 bits per heavy atom. The number of amides is 2. The van der Waals surface area contributed by atoms with Crippen LogP contribution in [0.3, 0.4) is 0 Å². The summed E-state index contributed by atoms with van der Waals surface area (Å²) in [6.07, 6.45) is 0.853. The van der Waals surface area contributed by atoms with E-state index < -0.39 is 0 Å². The second-order valence-corrected chi connectivity index (χ2v) is 6.91. The summed E-state index contributed by atoms with van der Waals surface area (Å²) in [6, 6.07) is 17.0. The number of anilines is 1. The molecule has 152 valence electrons. The van der Waals surface area contributed by atoms with Crippen molar-refractivity contribution >= 4 is 23.2 Å². The minimum Gasteiger partial charge on any atom is -0.339 e. The molecule has 8 nitrogen and oxygen atoms in total. The highest BCUT2D eigenvalue weighted by molar-refractivity contribution is 6.03. The van der Waals surface area contributed by atoms with E-state index in [9.17, 15) is 9.59 Å². The summed E-state index contributed by atoms with van der Waals surface area (Å²) < 4.78 is 5.02. The van der Waals surface area contributed by atoms with Gasteiger partial charge in [-0.2, -0.15) is 10.1 Å². The van der Waals surface area contributed by atoms with Gasteiger partial charge in [-0.05, 0) is 17.7 Å². The maximum Gasteiger partial charge on any atom is 0.243 e. The molecule has 0 saturated heterocycles. The molecule has 4 rings (SSSR count). The van der Waals surface area contributed by atoms with Gasteiger partial charge in [-0.25, -0.2) is 5.01 Å². The first-order chi connectivity index (χ1) is 14.6. The molecule has 0 unspecified atom stereocenters. The summed E-state index contributed by atoms with van der Waals surface area (Å²) in [4.78, 5) is 29.1. The average Bonchev–Trinajstić information content (AvgIpc) is 3.43. The highest BCUT2D eigenvalue weighted by Crippen LogP contribution is 2.25. The summed E-state index contributed by atoms with van der Waals surface area (Å²) in [7, 11) is 0. The molecule has 0 spiro atoms. The Morgan fingerprint density at radius 2 is 1.83 bits per heavy atom. The molecular weight excluding hydrogens is 382 g/mol. The number of aryl methyl sites for hydroxylation is 1. The van der Waals surface area contributed by atoms with Crippen LogP contribution in [0.1, 0.15) is 30.7 Å². The fourth-order valence-corrected chi connectivity index (χ4v) is 3.23. The van der Waals surface area contributed by atoms with E-state index >= 15 is 0 Å². The smallest absolute Gasteiger partial charge is 0.243 e. The van der Waals surface area contributed by atoms with Crippen LogP contribution >= 0.6 is 0 Å². The van der Waals surface area contributed by atoms with Gasteiger partial charge >= 0.3 is 0 Å². The molecule has 0 aliphatic carbocycles. The number of carbonyl (C=O) groups excluding carboxylic acids is 2. The van der Waals surface area contributed by atoms with E-state index in [0.717, 1.165) is 11.3 Å². The van der Waals surface area contributed by atoms with Crippen LogP contribution in [0, 0.1) is 6.92 Å². The summed E-state index contributed by atoms with van der Waals surface area (Å²) in [5, 5.41) is 12.6. The lowest BCUT2D eigenvalue weighted by molar-refractivity contribution is -0.132. The van der Waals surface area contributed by atoms with Crippen LogP contribution in [0.25, 0.3) is 11.4 Å². The quantitative estimate of drug-likeness (QED) is 0.680. The van der Waals surface area contributed by atoms with Crippen LogP contribution in [0.2, 0.25) is 0 Å². The molecule has 2 heterocycles. The molecule has 0 radical (unpaired) electrons. The second kappa shape index (κ2) is 8.69. The maximum atomic E-state index is 12.5. The van der Waals surface area contributed by atoms with Gasteiger partial charge in [-0.15, -0.1) is 0 Å². The van der Waals surface area contributed by atoms with Gasteiger partial charge < -0.3 is 9.84 Å². The third-order valence-corrected chi connectivity index (χ3v) is 4.73. The van der Waals surface area contributed by atoms with E-state index in [1.807, 2.05) is 36.4 Å². The van der Waals surface area contributed by atoms with E-state index in [1.165, 1.54) is 5.01 Å². The number of carbonyl (C=O) groups is 2. The van der Waals surface area contributed by atoms with Gasteiger partial charge in [0.2, 0.25) is 23.5 Å². The first kappa shape index (κ1) is 19.5. The van der Waals surface area contributed by atoms with Crippen LogP contribution in [0.15, 0.2) is 64.2 Å². The molecule has 0 saturated carbocycles. The summed E-state index contributed by atoms with van der Waals surface area (Å²) in [5.74, 6) is 0.415. The van der Waals surface area contributed by atoms with Crippen molar-refractivity contribution in [3.63, 3.8) is 0 Å². The Bertz CT molecular complexity index is 1090. The highest BCUT2D eigenvalue weighted by atomic mass is 16.5. The van der Waals surface area contributed by atoms with Gasteiger partial charge in [0.05, 0.1) is 17.9 Å². The number of nitrogens with one attached hydrogen (secondary N) is 1. The topological polar surface area (TPSA) is 101 Å². The Labute approximate surface area is 173 Å². The molecule has 8 heteroatoms. The maximum absolute atomic E-state index is 12.5. The van der Waals surface area contributed by atoms with E-state index in [0.29, 0.717) is 35.9 Å². The van der Waals surface area contributed by atoms with Crippen molar-refractivity contribution in [2.24, 2.45) is 5.10 Å². The molecule has 0 bridgehead atoms. The minimum absolute atomic E-state index is 0.0606. The molecular formula is C22H21N5O3. The number of aromatic nitrogens is 2. The lowest BCUT2D eigenvalue weighted by atomic mass is 10.1. The van der Waals surface area contributed by atoms with Crippen LogP contribution < -0.4 is 5.32 Å². The summed E-state index contributed by atoms with van der Waals surface area (Å²) in [6.45, 7) is 2.23. The Hall–Kier alpha value is -3.81. The number of hydrazone groups is 1. The van der Waals surface area contributed by atoms with Gasteiger partial charge in [0.1, 0.15) is 0 Å². The molecule has 0 atom stereocenters. The van der Waals surface area contributed by atoms with Gasteiger partial charge in [-0.1, -0.05) is 47.6 Å². The molecule has 0 fully saturated rings. The number of rotatable bonds is 6. The van der Waals surface area contributed by atoms with Crippen molar-refractivity contribution < 1.29 is 14.1 Å². The van der Waals surface area contributed by atoms with E-state index in [2.05, 4.69) is 20.6 Å². The lowest BCUT2D eigenvalue weighted by Gasteiger charge is -2.12. The van der Waals surface area contributed by atoms with Crippen LogP contribution in [0.5, 0.6) is 0 Å². The summed E-state index contributed by atoms with van der Waals surface area (Å²) in [5.41, 5.74) is 3.13. The van der Waals surface area contributed by atoms with Crippen molar-refractivity contribution in [3.8, 4) is 11.4 Å². The summed E-state index contributed by atoms with van der Waals surface area (Å²) >= 11 is 0. The highest BCUT2D eigenvalue weighted by Gasteiger charge is 2.22. The number of hydrogen-bond donors (Lipinski definition) is 1. The second-order valence-electron chi connectivity index (χ2n) is 6.91. The molecule has 1 aromatic heterocycles. The molecule has 1 aliphatic heterocycles. The zero-order chi connectivity index (χ0) is 20.9. The van der Waals surface area contributed by atoms with E-state index in [-0.39, 0.29) is 24.7 Å². The van der Waals surface area contributed by atoms with Crippen molar-refractivity contribution in [1.29, 1.82) is 0 Å². The number of hydrogen-bond acceptors (Lipinski definition) is 6. The third kappa shape index (κ3) is 4.43. The van der Waals surface area contributed by atoms with Gasteiger partial charge in [0, 0.05) is 31.7 Å². The lowest BCUT2D eigenvalue weighted by Crippen LogP contribution is -2.25. The minimum atomic E-state index is -0.262. The van der Waals surface area contributed by atoms with Gasteiger partial charge in [-0.3, -0.25) is 9.59 Å². The van der Waals surface area contributed by atoms with Crippen molar-refractivity contribution in [2.45, 2.75) is 26.2 Å². The third-order valence-electron chi connectivity index (χ3n) is 4.73. The molecule has 2 amide bonds. The first-order valence-electron chi connectivity index (χ1n) is 9.73. The number of para-hydroxylation sites is 1. The van der Waals surface area contributed by atoms with E-state index in [4.69, 9.17) is 4.52 Å². The van der Waals surface area contributed by atoms with Crippen LogP contribution in [-0.4, -0.2) is 39.2 Å². The van der Waals surface area contributed by atoms with Crippen LogP contribution in [0.4, 0.5) is 5.69 Å². The Morgan fingerprint density at radius 1 is 1.07 bits per heavy atom. The predicted octanol–water partition coefficient (Wildman–Crippen LogP) is 3.40. The van der Waals surface area contributed by atoms with Gasteiger partial charge in [0.25, 0.3) is 0 Å². The van der Waals surface area contributed by atoms with Crippen LogP contribution in [-0.2, 0) is 9.59 Å². The normalized spacial score (nSPS) is 13.2. The first-order valence-corrected chi connectivity index (χ1v) is 9.73. The Balaban J connectivity index is 1.35. The largest absolute Gasteiger partial charge is 0.339 e. The van der Waals surface area contributed by atoms with Crippen molar-refractivity contribution in [3.05, 3.63) is 66.1 Å². The monoisotopic (exact) mass is 403 g/mol. The number of benzene rings is 2. The predicted molar refractivity (Wildman–Crippen MR) is 112 cm³/mol. The SMILES string of the molecule is Cc1nc(-c2ccccc2NC(=O)CCC(=O)N2CCC(c3ccccc3)=N2)no1. The fourth-order valence-electron chi connectivity index (χ4n) is 3.23. The Kier molecular flexibility index (Phi) is 5.65.